The van der Waals surface area contributed by atoms with E-state index in [1.165, 1.54) is 18.2 Å². The lowest BCUT2D eigenvalue weighted by atomic mass is 10.1. The first-order chi connectivity index (χ1) is 14.4. The molecule has 0 N–H and O–H groups in total. The van der Waals surface area contributed by atoms with Gasteiger partial charge in [0.2, 0.25) is 0 Å². The molecule has 0 aliphatic carbocycles. The molecule has 1 fully saturated rings. The van der Waals surface area contributed by atoms with Crippen LogP contribution in [0.1, 0.15) is 60.1 Å². The number of imidazole rings is 1. The Hall–Kier alpha value is -2.87. The minimum atomic E-state index is -2.72. The Morgan fingerprint density at radius 2 is 2.13 bits per heavy atom. The number of alkyl halides is 2. The molecule has 30 heavy (non-hydrogen) atoms. The number of rotatable bonds is 7. The zero-order valence-corrected chi connectivity index (χ0v) is 16.8. The van der Waals surface area contributed by atoms with Gasteiger partial charge in [-0.3, -0.25) is 4.79 Å². The molecular weight excluding hydrogens is 392 g/mol. The van der Waals surface area contributed by atoms with Gasteiger partial charge in [0.05, 0.1) is 18.4 Å². The van der Waals surface area contributed by atoms with E-state index in [9.17, 15) is 13.6 Å². The minimum Gasteiger partial charge on any atom is -0.491 e. The third-order valence-corrected chi connectivity index (χ3v) is 4.99. The Labute approximate surface area is 172 Å². The summed E-state index contributed by atoms with van der Waals surface area (Å²) in [4.78, 5) is 21.3. The third-order valence-electron chi connectivity index (χ3n) is 4.99. The molecule has 0 radical (unpaired) electrons. The summed E-state index contributed by atoms with van der Waals surface area (Å²) in [6, 6.07) is 5.89. The van der Waals surface area contributed by atoms with Crippen molar-refractivity contribution < 1.29 is 23.0 Å². The van der Waals surface area contributed by atoms with Crippen LogP contribution in [0.15, 0.2) is 36.7 Å². The largest absolute Gasteiger partial charge is 0.491 e. The van der Waals surface area contributed by atoms with Crippen LogP contribution in [0.5, 0.6) is 5.75 Å². The second-order valence-corrected chi connectivity index (χ2v) is 7.67. The number of ketones is 1. The van der Waals surface area contributed by atoms with Gasteiger partial charge in [0.1, 0.15) is 22.8 Å². The van der Waals surface area contributed by atoms with Gasteiger partial charge in [0.25, 0.3) is 6.43 Å². The number of Topliss-reactive ketones (excluding diaryl/α,β-unsaturated/α-hetero) is 1. The summed E-state index contributed by atoms with van der Waals surface area (Å²) < 4.78 is 39.1. The molecule has 0 bridgehead atoms. The van der Waals surface area contributed by atoms with Crippen LogP contribution in [-0.2, 0) is 11.2 Å². The molecule has 6 nitrogen and oxygen atoms in total. The molecular formula is C22H23F2N3O3. The van der Waals surface area contributed by atoms with Crippen LogP contribution >= 0.6 is 0 Å². The number of halogens is 2. The second kappa shape index (κ2) is 8.47. The zero-order valence-electron chi connectivity index (χ0n) is 16.8. The van der Waals surface area contributed by atoms with E-state index in [-0.39, 0.29) is 29.9 Å². The van der Waals surface area contributed by atoms with Gasteiger partial charge in [-0.25, -0.2) is 18.7 Å². The maximum Gasteiger partial charge on any atom is 0.280 e. The molecule has 0 aromatic carbocycles. The lowest BCUT2D eigenvalue weighted by Gasteiger charge is -2.14. The normalized spacial score (nSPS) is 16.7. The van der Waals surface area contributed by atoms with Crippen molar-refractivity contribution in [1.29, 1.82) is 0 Å². The van der Waals surface area contributed by atoms with E-state index >= 15 is 0 Å². The maximum atomic E-state index is 12.9. The van der Waals surface area contributed by atoms with Crippen molar-refractivity contribution in [2.24, 2.45) is 0 Å². The Bertz CT molecular complexity index is 1060. The van der Waals surface area contributed by atoms with E-state index in [2.05, 4.69) is 4.98 Å². The van der Waals surface area contributed by atoms with Crippen molar-refractivity contribution in [3.8, 4) is 5.75 Å². The monoisotopic (exact) mass is 415 g/mol. The molecule has 8 heteroatoms. The van der Waals surface area contributed by atoms with Crippen molar-refractivity contribution in [2.45, 2.75) is 45.1 Å². The molecule has 1 aliphatic heterocycles. The number of aromatic nitrogens is 3. The molecule has 0 spiro atoms. The van der Waals surface area contributed by atoms with Gasteiger partial charge in [-0.15, -0.1) is 0 Å². The van der Waals surface area contributed by atoms with Crippen LogP contribution in [0.25, 0.3) is 5.65 Å². The molecule has 0 amide bonds. The Morgan fingerprint density at radius 3 is 2.83 bits per heavy atom. The van der Waals surface area contributed by atoms with Crippen molar-refractivity contribution in [3.63, 3.8) is 0 Å². The van der Waals surface area contributed by atoms with Crippen molar-refractivity contribution >= 4 is 11.4 Å². The fraction of sp³-hybridized carbons (Fsp3) is 0.409. The zero-order chi connectivity index (χ0) is 21.3. The summed E-state index contributed by atoms with van der Waals surface area (Å²) in [6.07, 6.45) is 1.84. The lowest BCUT2D eigenvalue weighted by Crippen LogP contribution is -2.12. The average Bonchev–Trinajstić information content (AvgIpc) is 3.37. The molecule has 158 valence electrons. The number of fused-ring (bicyclic) bond motifs is 1. The van der Waals surface area contributed by atoms with Crippen molar-refractivity contribution in [3.05, 3.63) is 59.3 Å². The van der Waals surface area contributed by atoms with Crippen LogP contribution in [-0.4, -0.2) is 39.5 Å². The quantitative estimate of drug-likeness (QED) is 0.536. The number of ether oxygens (including phenoxy) is 2. The average molecular weight is 415 g/mol. The maximum absolute atomic E-state index is 12.9. The highest BCUT2D eigenvalue weighted by atomic mass is 19.3. The number of hydrogen-bond donors (Lipinski definition) is 0. The summed E-state index contributed by atoms with van der Waals surface area (Å²) in [5.74, 6) is 0.455. The molecule has 0 saturated carbocycles. The first-order valence-corrected chi connectivity index (χ1v) is 9.95. The topological polar surface area (TPSA) is 65.7 Å². The van der Waals surface area contributed by atoms with E-state index in [0.29, 0.717) is 17.9 Å². The minimum absolute atomic E-state index is 0.0119. The van der Waals surface area contributed by atoms with Gasteiger partial charge in [0.15, 0.2) is 5.78 Å². The molecule has 1 saturated heterocycles. The molecule has 4 heterocycles. The van der Waals surface area contributed by atoms with E-state index < -0.39 is 12.1 Å². The number of carbonyl (C=O) groups excluding carboxylic acids is 1. The van der Waals surface area contributed by atoms with E-state index in [4.69, 9.17) is 14.5 Å². The SMILES string of the molecule is CC(C)Oc1cc2nc(C3CCOC3)cn2cc1CC(=O)c1cccc(C(F)F)n1. The van der Waals surface area contributed by atoms with Crippen molar-refractivity contribution in [2.75, 3.05) is 13.2 Å². The lowest BCUT2D eigenvalue weighted by molar-refractivity contribution is 0.0984. The fourth-order valence-electron chi connectivity index (χ4n) is 3.53. The third kappa shape index (κ3) is 4.33. The standard InChI is InChI=1S/C22H23F2N3O3/c1-13(2)30-20-9-21-26-18(14-6-7-29-12-14)11-27(21)10-15(20)8-19(28)16-4-3-5-17(25-16)22(23)24/h3-5,9-11,13-14,22H,6-8,12H2,1-2H3. The summed E-state index contributed by atoms with van der Waals surface area (Å²) in [7, 11) is 0. The predicted molar refractivity (Wildman–Crippen MR) is 106 cm³/mol. The summed E-state index contributed by atoms with van der Waals surface area (Å²) >= 11 is 0. The molecule has 1 atom stereocenters. The highest BCUT2D eigenvalue weighted by Crippen LogP contribution is 2.28. The van der Waals surface area contributed by atoms with Gasteiger partial charge in [-0.2, -0.15) is 0 Å². The number of carbonyl (C=O) groups is 1. The Kier molecular flexibility index (Phi) is 5.76. The van der Waals surface area contributed by atoms with Crippen LogP contribution in [0, 0.1) is 0 Å². The van der Waals surface area contributed by atoms with E-state index in [0.717, 1.165) is 24.4 Å². The van der Waals surface area contributed by atoms with Crippen LogP contribution in [0.3, 0.4) is 0 Å². The first-order valence-electron chi connectivity index (χ1n) is 9.95. The Morgan fingerprint density at radius 1 is 1.30 bits per heavy atom. The Balaban J connectivity index is 1.67. The van der Waals surface area contributed by atoms with Crippen LogP contribution in [0.4, 0.5) is 8.78 Å². The predicted octanol–water partition coefficient (Wildman–Crippen LogP) is 4.38. The first kappa shape index (κ1) is 20.4. The summed E-state index contributed by atoms with van der Waals surface area (Å²) in [5, 5.41) is 0. The molecule has 1 unspecified atom stereocenters. The highest BCUT2D eigenvalue weighted by Gasteiger charge is 2.22. The van der Waals surface area contributed by atoms with Gasteiger partial charge in [-0.05, 0) is 32.4 Å². The van der Waals surface area contributed by atoms with Gasteiger partial charge < -0.3 is 13.9 Å². The number of hydrogen-bond acceptors (Lipinski definition) is 5. The molecule has 3 aromatic heterocycles. The molecule has 3 aromatic rings. The summed E-state index contributed by atoms with van der Waals surface area (Å²) in [6.45, 7) is 5.17. The van der Waals surface area contributed by atoms with E-state index in [1.807, 2.05) is 36.7 Å². The smallest absolute Gasteiger partial charge is 0.280 e. The van der Waals surface area contributed by atoms with Crippen LogP contribution in [0.2, 0.25) is 0 Å². The van der Waals surface area contributed by atoms with E-state index in [1.54, 1.807) is 0 Å². The molecule has 1 aliphatic rings. The highest BCUT2D eigenvalue weighted by molar-refractivity contribution is 5.96. The molecule has 4 rings (SSSR count). The van der Waals surface area contributed by atoms with Gasteiger partial charge in [-0.1, -0.05) is 6.07 Å². The number of pyridine rings is 2. The number of nitrogens with zero attached hydrogens (tertiary/aromatic N) is 3. The fourth-order valence-corrected chi connectivity index (χ4v) is 3.53. The summed E-state index contributed by atoms with van der Waals surface area (Å²) in [5.41, 5.74) is 1.92. The van der Waals surface area contributed by atoms with Crippen molar-refractivity contribution in [1.82, 2.24) is 14.4 Å². The second-order valence-electron chi connectivity index (χ2n) is 7.67. The van der Waals surface area contributed by atoms with Crippen LogP contribution < -0.4 is 4.74 Å². The van der Waals surface area contributed by atoms with Gasteiger partial charge in [0, 0.05) is 43.0 Å². The van der Waals surface area contributed by atoms with Gasteiger partial charge >= 0.3 is 0 Å².